The van der Waals surface area contributed by atoms with Gasteiger partial charge in [-0.3, -0.25) is 9.10 Å². The predicted molar refractivity (Wildman–Crippen MR) is 125 cm³/mol. The molecule has 8 heteroatoms. The average molecular weight is 471 g/mol. The summed E-state index contributed by atoms with van der Waals surface area (Å²) in [7, 11) is -3.75. The van der Waals surface area contributed by atoms with Gasteiger partial charge in [0.15, 0.2) is 0 Å². The second-order valence-corrected chi connectivity index (χ2v) is 10.3. The number of sulfonamides is 1. The van der Waals surface area contributed by atoms with E-state index in [9.17, 15) is 13.2 Å². The lowest BCUT2D eigenvalue weighted by Gasteiger charge is -2.31. The van der Waals surface area contributed by atoms with Crippen molar-refractivity contribution in [3.8, 4) is 0 Å². The van der Waals surface area contributed by atoms with Gasteiger partial charge in [0.2, 0.25) is 15.9 Å². The summed E-state index contributed by atoms with van der Waals surface area (Å²) >= 11 is 12.1. The minimum absolute atomic E-state index is 0.220. The first kappa shape index (κ1) is 24.5. The van der Waals surface area contributed by atoms with Crippen LogP contribution in [0.25, 0.3) is 0 Å². The van der Waals surface area contributed by atoms with E-state index >= 15 is 0 Å². The van der Waals surface area contributed by atoms with E-state index in [1.165, 1.54) is 17.7 Å². The molecule has 0 radical (unpaired) electrons. The maximum atomic E-state index is 13.2. The van der Waals surface area contributed by atoms with Crippen LogP contribution in [0.5, 0.6) is 0 Å². The summed E-state index contributed by atoms with van der Waals surface area (Å²) in [5, 5.41) is 3.51. The fourth-order valence-electron chi connectivity index (χ4n) is 3.52. The molecule has 0 heterocycles. The molecule has 30 heavy (non-hydrogen) atoms. The van der Waals surface area contributed by atoms with Gasteiger partial charge in [0, 0.05) is 0 Å². The molecule has 0 spiro atoms. The van der Waals surface area contributed by atoms with Gasteiger partial charge in [0.25, 0.3) is 0 Å². The molecule has 164 valence electrons. The topological polar surface area (TPSA) is 66.5 Å². The summed E-state index contributed by atoms with van der Waals surface area (Å²) in [6.07, 6.45) is 1.36. The van der Waals surface area contributed by atoms with Gasteiger partial charge in [-0.15, -0.1) is 0 Å². The molecule has 1 N–H and O–H groups in total. The lowest BCUT2D eigenvalue weighted by atomic mass is 9.96. The highest BCUT2D eigenvalue weighted by Gasteiger charge is 2.32. The Morgan fingerprint density at radius 3 is 2.17 bits per heavy atom. The molecule has 0 fully saturated rings. The highest BCUT2D eigenvalue weighted by atomic mass is 35.5. The number of aryl methyl sites for hydroxylation is 3. The van der Waals surface area contributed by atoms with Crippen LogP contribution in [-0.2, 0) is 14.8 Å². The molecule has 2 aromatic rings. The van der Waals surface area contributed by atoms with E-state index in [0.29, 0.717) is 10.7 Å². The van der Waals surface area contributed by atoms with Gasteiger partial charge < -0.3 is 5.32 Å². The summed E-state index contributed by atoms with van der Waals surface area (Å²) in [4.78, 5) is 13.2. The zero-order valence-corrected chi connectivity index (χ0v) is 20.4. The third-order valence-corrected chi connectivity index (χ3v) is 7.11. The number of anilines is 1. The lowest BCUT2D eigenvalue weighted by molar-refractivity contribution is -0.122. The van der Waals surface area contributed by atoms with Crippen LogP contribution in [0.4, 0.5) is 5.69 Å². The molecule has 0 saturated heterocycles. The number of carbonyl (C=O) groups is 1. The molecule has 0 aromatic heterocycles. The third-order valence-electron chi connectivity index (χ3n) is 5.20. The predicted octanol–water partition coefficient (Wildman–Crippen LogP) is 5.34. The van der Waals surface area contributed by atoms with E-state index in [0.717, 1.165) is 27.3 Å². The Bertz CT molecular complexity index is 1050. The molecular weight excluding hydrogens is 443 g/mol. The number of nitrogens with zero attached hydrogens (tertiary/aromatic N) is 1. The molecular formula is C22H28Cl2N2O3S. The number of rotatable bonds is 7. The SMILES string of the molecule is CC[C@H](C(=O)N[C@@H](C)c1cc(C)c(C)cc1C)N(c1ccc(Cl)c(Cl)c1)S(C)(=O)=O. The van der Waals surface area contributed by atoms with Crippen LogP contribution in [0.15, 0.2) is 30.3 Å². The maximum Gasteiger partial charge on any atom is 0.244 e. The van der Waals surface area contributed by atoms with E-state index in [4.69, 9.17) is 23.2 Å². The minimum atomic E-state index is -3.75. The Morgan fingerprint density at radius 2 is 1.63 bits per heavy atom. The van der Waals surface area contributed by atoms with E-state index in [1.54, 1.807) is 13.0 Å². The molecule has 5 nitrogen and oxygen atoms in total. The lowest BCUT2D eigenvalue weighted by Crippen LogP contribution is -2.49. The van der Waals surface area contributed by atoms with Crippen molar-refractivity contribution in [2.24, 2.45) is 0 Å². The third kappa shape index (κ3) is 5.48. The first-order valence-electron chi connectivity index (χ1n) is 9.69. The number of amides is 1. The Kier molecular flexibility index (Phi) is 7.83. The quantitative estimate of drug-likeness (QED) is 0.593. The van der Waals surface area contributed by atoms with Crippen molar-refractivity contribution in [3.05, 3.63) is 62.6 Å². The highest BCUT2D eigenvalue weighted by molar-refractivity contribution is 7.92. The maximum absolute atomic E-state index is 13.2. The monoisotopic (exact) mass is 470 g/mol. The second-order valence-electron chi connectivity index (χ2n) is 7.60. The molecule has 2 aromatic carbocycles. The van der Waals surface area contributed by atoms with E-state index in [1.807, 2.05) is 27.7 Å². The zero-order chi connectivity index (χ0) is 22.8. The van der Waals surface area contributed by atoms with Crippen molar-refractivity contribution in [2.75, 3.05) is 10.6 Å². The van der Waals surface area contributed by atoms with Crippen LogP contribution in [0.2, 0.25) is 10.0 Å². The van der Waals surface area contributed by atoms with Crippen molar-refractivity contribution in [1.82, 2.24) is 5.32 Å². The van der Waals surface area contributed by atoms with Crippen LogP contribution in [-0.4, -0.2) is 26.6 Å². The average Bonchev–Trinajstić information content (AvgIpc) is 2.63. The Balaban J connectivity index is 2.38. The largest absolute Gasteiger partial charge is 0.348 e. The summed E-state index contributed by atoms with van der Waals surface area (Å²) in [5.74, 6) is -0.376. The van der Waals surface area contributed by atoms with Gasteiger partial charge in [-0.05, 0) is 74.6 Å². The van der Waals surface area contributed by atoms with Gasteiger partial charge in [0.1, 0.15) is 6.04 Å². The van der Waals surface area contributed by atoms with Gasteiger partial charge in [-0.25, -0.2) is 8.42 Å². The number of hydrogen-bond donors (Lipinski definition) is 1. The van der Waals surface area contributed by atoms with Crippen LogP contribution in [0, 0.1) is 20.8 Å². The van der Waals surface area contributed by atoms with Crippen molar-refractivity contribution >= 4 is 44.8 Å². The van der Waals surface area contributed by atoms with Crippen molar-refractivity contribution in [1.29, 1.82) is 0 Å². The molecule has 1 amide bonds. The standard InChI is InChI=1S/C22H28Cl2N2O3S/c1-7-21(26(30(6,28)29)17-8-9-19(23)20(24)12-17)22(27)25-16(5)18-11-14(3)13(2)10-15(18)4/h8-12,16,21H,7H2,1-6H3,(H,25,27)/t16-,21+/m0/s1. The Morgan fingerprint density at radius 1 is 1.03 bits per heavy atom. The molecule has 0 saturated carbocycles. The number of benzene rings is 2. The zero-order valence-electron chi connectivity index (χ0n) is 18.1. The number of halogens is 2. The van der Waals surface area contributed by atoms with Crippen molar-refractivity contribution in [3.63, 3.8) is 0 Å². The Hall–Kier alpha value is -1.76. The molecule has 0 aliphatic heterocycles. The molecule has 2 rings (SSSR count). The number of carbonyl (C=O) groups excluding carboxylic acids is 1. The molecule has 0 unspecified atom stereocenters. The summed E-state index contributed by atoms with van der Waals surface area (Å²) < 4.78 is 26.3. The van der Waals surface area contributed by atoms with Crippen LogP contribution >= 0.6 is 23.2 Å². The Labute approximate surface area is 189 Å². The van der Waals surface area contributed by atoms with Crippen LogP contribution in [0.1, 0.15) is 48.6 Å². The molecule has 2 atom stereocenters. The van der Waals surface area contributed by atoms with Crippen LogP contribution < -0.4 is 9.62 Å². The van der Waals surface area contributed by atoms with E-state index < -0.39 is 16.1 Å². The van der Waals surface area contributed by atoms with E-state index in [2.05, 4.69) is 17.4 Å². The van der Waals surface area contributed by atoms with Gasteiger partial charge in [0.05, 0.1) is 28.0 Å². The molecule has 0 aliphatic carbocycles. The van der Waals surface area contributed by atoms with Crippen molar-refractivity contribution in [2.45, 2.75) is 53.1 Å². The number of hydrogen-bond acceptors (Lipinski definition) is 3. The summed E-state index contributed by atoms with van der Waals surface area (Å²) in [5.41, 5.74) is 4.69. The van der Waals surface area contributed by atoms with Gasteiger partial charge >= 0.3 is 0 Å². The summed E-state index contributed by atoms with van der Waals surface area (Å²) in [6.45, 7) is 9.73. The summed E-state index contributed by atoms with van der Waals surface area (Å²) in [6, 6.07) is 7.46. The fraction of sp³-hybridized carbons (Fsp3) is 0.409. The smallest absolute Gasteiger partial charge is 0.244 e. The first-order valence-corrected chi connectivity index (χ1v) is 12.3. The second kappa shape index (κ2) is 9.58. The first-order chi connectivity index (χ1) is 13.9. The minimum Gasteiger partial charge on any atom is -0.348 e. The normalized spacial score (nSPS) is 13.6. The number of nitrogens with one attached hydrogen (secondary N) is 1. The van der Waals surface area contributed by atoms with E-state index in [-0.39, 0.29) is 23.4 Å². The highest BCUT2D eigenvalue weighted by Crippen LogP contribution is 2.30. The van der Waals surface area contributed by atoms with Crippen LogP contribution in [0.3, 0.4) is 0 Å². The van der Waals surface area contributed by atoms with Gasteiger partial charge in [-0.2, -0.15) is 0 Å². The van der Waals surface area contributed by atoms with Gasteiger partial charge in [-0.1, -0.05) is 42.3 Å². The molecule has 0 bridgehead atoms. The molecule has 0 aliphatic rings. The van der Waals surface area contributed by atoms with Crippen molar-refractivity contribution < 1.29 is 13.2 Å². The fourth-order valence-corrected chi connectivity index (χ4v) is 5.02.